The Morgan fingerprint density at radius 1 is 1.00 bits per heavy atom. The van der Waals surface area contributed by atoms with E-state index in [4.69, 9.17) is 9.47 Å². The van der Waals surface area contributed by atoms with E-state index in [-0.39, 0.29) is 5.91 Å². The number of methoxy groups -OCH3 is 2. The van der Waals surface area contributed by atoms with Crippen molar-refractivity contribution in [1.82, 2.24) is 0 Å². The molecule has 1 atom stereocenters. The molecule has 0 spiro atoms. The second kappa shape index (κ2) is 8.19. The minimum Gasteiger partial charge on any atom is -0.493 e. The van der Waals surface area contributed by atoms with Crippen LogP contribution in [-0.2, 0) is 9.53 Å². The number of hydrogen-bond donors (Lipinski definition) is 0. The van der Waals surface area contributed by atoms with Gasteiger partial charge in [0.2, 0.25) is 0 Å². The fraction of sp³-hybridized carbons (Fsp3) is 0.263. The van der Waals surface area contributed by atoms with Gasteiger partial charge in [0.15, 0.2) is 17.6 Å². The zero-order valence-electron chi connectivity index (χ0n) is 14.7. The molecule has 25 heavy (non-hydrogen) atoms. The molecule has 2 rings (SSSR count). The zero-order chi connectivity index (χ0) is 18.4. The van der Waals surface area contributed by atoms with Gasteiger partial charge in [0.25, 0.3) is 5.91 Å². The summed E-state index contributed by atoms with van der Waals surface area (Å²) in [5, 5.41) is 0. The second-order valence-corrected chi connectivity index (χ2v) is 5.35. The number of hydrogen-bond acceptors (Lipinski definition) is 5. The van der Waals surface area contributed by atoms with Gasteiger partial charge in [0.1, 0.15) is 0 Å². The van der Waals surface area contributed by atoms with Crippen LogP contribution < -0.4 is 14.4 Å². The predicted octanol–water partition coefficient (Wildman–Crippen LogP) is 2.91. The summed E-state index contributed by atoms with van der Waals surface area (Å²) in [7, 11) is 4.46. The SMILES string of the molecule is COC(=O)c1ccc(OC(C)C(=O)N(C)c2ccccc2)c(OC)c1. The van der Waals surface area contributed by atoms with Crippen LogP contribution in [0.15, 0.2) is 48.5 Å². The number of anilines is 1. The molecule has 2 aromatic rings. The maximum atomic E-state index is 12.6. The lowest BCUT2D eigenvalue weighted by molar-refractivity contribution is -0.124. The zero-order valence-corrected chi connectivity index (χ0v) is 14.7. The Hall–Kier alpha value is -3.02. The number of carbonyl (C=O) groups is 2. The summed E-state index contributed by atoms with van der Waals surface area (Å²) in [6.45, 7) is 1.66. The highest BCUT2D eigenvalue weighted by Crippen LogP contribution is 2.29. The number of likely N-dealkylation sites (N-methyl/N-ethyl adjacent to an activating group) is 1. The van der Waals surface area contributed by atoms with Crippen molar-refractivity contribution in [3.63, 3.8) is 0 Å². The maximum absolute atomic E-state index is 12.6. The number of esters is 1. The fourth-order valence-corrected chi connectivity index (χ4v) is 2.30. The Bertz CT molecular complexity index is 745. The molecule has 0 bridgehead atoms. The van der Waals surface area contributed by atoms with E-state index in [0.717, 1.165) is 5.69 Å². The quantitative estimate of drug-likeness (QED) is 0.755. The summed E-state index contributed by atoms with van der Waals surface area (Å²) < 4.78 is 15.7. The first kappa shape index (κ1) is 18.3. The lowest BCUT2D eigenvalue weighted by Gasteiger charge is -2.23. The third-order valence-electron chi connectivity index (χ3n) is 3.71. The average molecular weight is 343 g/mol. The van der Waals surface area contributed by atoms with Gasteiger partial charge in [-0.05, 0) is 37.3 Å². The fourth-order valence-electron chi connectivity index (χ4n) is 2.30. The standard InChI is InChI=1S/C19H21NO5/c1-13(18(21)20(2)15-8-6-5-7-9-15)25-16-11-10-14(19(22)24-4)12-17(16)23-3/h5-13H,1-4H3. The van der Waals surface area contributed by atoms with E-state index in [1.54, 1.807) is 26.1 Å². The van der Waals surface area contributed by atoms with Crippen molar-refractivity contribution >= 4 is 17.6 Å². The molecule has 0 fully saturated rings. The summed E-state index contributed by atoms with van der Waals surface area (Å²) in [6, 6.07) is 13.9. The van der Waals surface area contributed by atoms with Gasteiger partial charge >= 0.3 is 5.97 Å². The first-order valence-corrected chi connectivity index (χ1v) is 7.73. The van der Waals surface area contributed by atoms with Gasteiger partial charge in [0.05, 0.1) is 19.8 Å². The van der Waals surface area contributed by atoms with Crippen LogP contribution in [0.4, 0.5) is 5.69 Å². The number of benzene rings is 2. The number of carbonyl (C=O) groups excluding carboxylic acids is 2. The van der Waals surface area contributed by atoms with Gasteiger partial charge in [-0.25, -0.2) is 4.79 Å². The van der Waals surface area contributed by atoms with Crippen molar-refractivity contribution in [2.75, 3.05) is 26.2 Å². The van der Waals surface area contributed by atoms with Gasteiger partial charge in [-0.1, -0.05) is 18.2 Å². The van der Waals surface area contributed by atoms with Crippen molar-refractivity contribution in [3.8, 4) is 11.5 Å². The van der Waals surface area contributed by atoms with E-state index in [9.17, 15) is 9.59 Å². The van der Waals surface area contributed by atoms with E-state index in [1.807, 2.05) is 30.3 Å². The molecule has 0 aromatic heterocycles. The van der Waals surface area contributed by atoms with Crippen molar-refractivity contribution in [2.45, 2.75) is 13.0 Å². The molecule has 0 saturated heterocycles. The van der Waals surface area contributed by atoms with Crippen molar-refractivity contribution in [3.05, 3.63) is 54.1 Å². The van der Waals surface area contributed by atoms with Crippen molar-refractivity contribution < 1.29 is 23.8 Å². The molecule has 132 valence electrons. The Morgan fingerprint density at radius 2 is 1.68 bits per heavy atom. The topological polar surface area (TPSA) is 65.1 Å². The summed E-state index contributed by atoms with van der Waals surface area (Å²) in [4.78, 5) is 25.7. The molecule has 2 aromatic carbocycles. The molecular formula is C19H21NO5. The van der Waals surface area contributed by atoms with Crippen LogP contribution in [0, 0.1) is 0 Å². The highest BCUT2D eigenvalue weighted by Gasteiger charge is 2.22. The van der Waals surface area contributed by atoms with Crippen LogP contribution >= 0.6 is 0 Å². The Kier molecular flexibility index (Phi) is 6.00. The maximum Gasteiger partial charge on any atom is 0.337 e. The minimum atomic E-state index is -0.733. The number of nitrogens with zero attached hydrogens (tertiary/aromatic N) is 1. The predicted molar refractivity (Wildman–Crippen MR) is 94.3 cm³/mol. The molecule has 1 amide bonds. The molecular weight excluding hydrogens is 322 g/mol. The Labute approximate surface area is 146 Å². The van der Waals surface area contributed by atoms with Gasteiger partial charge in [-0.2, -0.15) is 0 Å². The third kappa shape index (κ3) is 4.29. The van der Waals surface area contributed by atoms with Crippen molar-refractivity contribution in [1.29, 1.82) is 0 Å². The molecule has 6 nitrogen and oxygen atoms in total. The highest BCUT2D eigenvalue weighted by atomic mass is 16.5. The van der Waals surface area contributed by atoms with E-state index in [0.29, 0.717) is 17.1 Å². The number of ether oxygens (including phenoxy) is 3. The second-order valence-electron chi connectivity index (χ2n) is 5.35. The minimum absolute atomic E-state index is 0.203. The normalized spacial score (nSPS) is 11.4. The monoisotopic (exact) mass is 343 g/mol. The van der Waals surface area contributed by atoms with Crippen LogP contribution in [0.2, 0.25) is 0 Å². The van der Waals surface area contributed by atoms with E-state index in [2.05, 4.69) is 4.74 Å². The largest absolute Gasteiger partial charge is 0.493 e. The average Bonchev–Trinajstić information content (AvgIpc) is 2.66. The molecule has 0 radical (unpaired) electrons. The summed E-state index contributed by atoms with van der Waals surface area (Å²) in [5.74, 6) is 0.0467. The summed E-state index contributed by atoms with van der Waals surface area (Å²) in [5.41, 5.74) is 1.11. The molecule has 0 aliphatic rings. The van der Waals surface area contributed by atoms with E-state index < -0.39 is 12.1 Å². The number of rotatable bonds is 6. The van der Waals surface area contributed by atoms with Gasteiger partial charge in [-0.15, -0.1) is 0 Å². The lowest BCUT2D eigenvalue weighted by Crippen LogP contribution is -2.38. The lowest BCUT2D eigenvalue weighted by atomic mass is 10.2. The van der Waals surface area contributed by atoms with Gasteiger partial charge in [-0.3, -0.25) is 4.79 Å². The van der Waals surface area contributed by atoms with E-state index in [1.165, 1.54) is 25.2 Å². The van der Waals surface area contributed by atoms with Crippen molar-refractivity contribution in [2.24, 2.45) is 0 Å². The first-order chi connectivity index (χ1) is 12.0. The molecule has 0 aliphatic carbocycles. The van der Waals surface area contributed by atoms with E-state index >= 15 is 0 Å². The van der Waals surface area contributed by atoms with Gasteiger partial charge in [0, 0.05) is 12.7 Å². The molecule has 6 heteroatoms. The molecule has 0 saturated carbocycles. The number of para-hydroxylation sites is 1. The molecule has 0 heterocycles. The highest BCUT2D eigenvalue weighted by molar-refractivity contribution is 5.96. The van der Waals surface area contributed by atoms with Gasteiger partial charge < -0.3 is 19.1 Å². The summed E-state index contributed by atoms with van der Waals surface area (Å²) >= 11 is 0. The first-order valence-electron chi connectivity index (χ1n) is 7.73. The molecule has 1 unspecified atom stereocenters. The summed E-state index contributed by atoms with van der Waals surface area (Å²) in [6.07, 6.45) is -0.733. The number of amides is 1. The van der Waals surface area contributed by atoms with Crippen LogP contribution in [0.1, 0.15) is 17.3 Å². The Balaban J connectivity index is 2.15. The molecule has 0 N–H and O–H groups in total. The van der Waals surface area contributed by atoms with Crippen LogP contribution in [0.25, 0.3) is 0 Å². The molecule has 0 aliphatic heterocycles. The van der Waals surface area contributed by atoms with Crippen LogP contribution in [0.3, 0.4) is 0 Å². The Morgan fingerprint density at radius 3 is 2.28 bits per heavy atom. The third-order valence-corrected chi connectivity index (χ3v) is 3.71. The smallest absolute Gasteiger partial charge is 0.337 e. The van der Waals surface area contributed by atoms with Crippen LogP contribution in [-0.4, -0.2) is 39.2 Å². The van der Waals surface area contributed by atoms with Crippen LogP contribution in [0.5, 0.6) is 11.5 Å².